The Labute approximate surface area is 58.3 Å². The number of hydrogen-bond donors (Lipinski definition) is 1. The minimum Gasteiger partial charge on any atom is -0.379 e. The van der Waals surface area contributed by atoms with E-state index in [-0.39, 0.29) is 0 Å². The van der Waals surface area contributed by atoms with Gasteiger partial charge < -0.3 is 4.52 Å². The summed E-state index contributed by atoms with van der Waals surface area (Å²) >= 11 is 0. The number of carbonyl (C=O) groups excluding carboxylic acids is 1. The SMILES string of the molecule is COP1(=O)NC(C)C(=O)O1. The van der Waals surface area contributed by atoms with Crippen LogP contribution >= 0.6 is 7.75 Å². The molecule has 1 saturated heterocycles. The molecule has 2 unspecified atom stereocenters. The summed E-state index contributed by atoms with van der Waals surface area (Å²) in [7, 11) is -2.04. The van der Waals surface area contributed by atoms with Crippen LogP contribution in [0.4, 0.5) is 0 Å². The van der Waals surface area contributed by atoms with E-state index in [9.17, 15) is 9.36 Å². The highest BCUT2D eigenvalue weighted by Gasteiger charge is 2.40. The maximum Gasteiger partial charge on any atom is 0.461 e. The molecular weight excluding hydrogens is 157 g/mol. The number of hydrogen-bond acceptors (Lipinski definition) is 4. The summed E-state index contributed by atoms with van der Waals surface area (Å²) in [4.78, 5) is 10.6. The lowest BCUT2D eigenvalue weighted by Gasteiger charge is -2.04. The van der Waals surface area contributed by atoms with Crippen molar-refractivity contribution < 1.29 is 18.4 Å². The van der Waals surface area contributed by atoms with Gasteiger partial charge in [0, 0.05) is 7.11 Å². The van der Waals surface area contributed by atoms with Gasteiger partial charge in [0.25, 0.3) is 0 Å². The van der Waals surface area contributed by atoms with Gasteiger partial charge >= 0.3 is 13.7 Å². The second-order valence-corrected chi connectivity index (χ2v) is 3.74. The quantitative estimate of drug-likeness (QED) is 0.565. The lowest BCUT2D eigenvalue weighted by molar-refractivity contribution is -0.133. The molecule has 0 aliphatic carbocycles. The number of rotatable bonds is 1. The molecular formula is C4H8NO4P. The van der Waals surface area contributed by atoms with E-state index in [1.54, 1.807) is 6.92 Å². The standard InChI is InChI=1S/C4H8NO4P/c1-3-4(6)9-10(7,5-3)8-2/h3H,1-2H3,(H,5,7). The van der Waals surface area contributed by atoms with Gasteiger partial charge in [-0.05, 0) is 6.92 Å². The fraction of sp³-hybridized carbons (Fsp3) is 0.750. The molecule has 10 heavy (non-hydrogen) atoms. The summed E-state index contributed by atoms with van der Waals surface area (Å²) in [6, 6.07) is -0.536. The maximum atomic E-state index is 11.0. The van der Waals surface area contributed by atoms with Gasteiger partial charge in [0.1, 0.15) is 6.04 Å². The van der Waals surface area contributed by atoms with E-state index in [2.05, 4.69) is 14.1 Å². The van der Waals surface area contributed by atoms with E-state index in [1.165, 1.54) is 7.11 Å². The largest absolute Gasteiger partial charge is 0.461 e. The molecule has 0 aromatic rings. The second kappa shape index (κ2) is 2.34. The van der Waals surface area contributed by atoms with Gasteiger partial charge in [-0.25, -0.2) is 9.36 Å². The Morgan fingerprint density at radius 2 is 2.40 bits per heavy atom. The number of carbonyl (C=O) groups is 1. The van der Waals surface area contributed by atoms with Crippen molar-refractivity contribution in [2.75, 3.05) is 7.11 Å². The molecule has 1 aliphatic heterocycles. The van der Waals surface area contributed by atoms with Gasteiger partial charge in [0.2, 0.25) is 0 Å². The molecule has 0 aromatic carbocycles. The minimum absolute atomic E-state index is 0.536. The fourth-order valence-electron chi connectivity index (χ4n) is 0.604. The number of nitrogens with one attached hydrogen (secondary N) is 1. The van der Waals surface area contributed by atoms with Crippen molar-refractivity contribution in [2.45, 2.75) is 13.0 Å². The van der Waals surface area contributed by atoms with Crippen molar-refractivity contribution in [2.24, 2.45) is 0 Å². The molecule has 5 nitrogen and oxygen atoms in total. The first-order valence-electron chi connectivity index (χ1n) is 2.74. The molecule has 1 heterocycles. The van der Waals surface area contributed by atoms with Crippen LogP contribution in [0.1, 0.15) is 6.92 Å². The Morgan fingerprint density at radius 1 is 1.80 bits per heavy atom. The fourth-order valence-corrected chi connectivity index (χ4v) is 1.81. The van der Waals surface area contributed by atoms with Crippen LogP contribution in [0.2, 0.25) is 0 Å². The van der Waals surface area contributed by atoms with Gasteiger partial charge in [-0.15, -0.1) is 0 Å². The van der Waals surface area contributed by atoms with E-state index >= 15 is 0 Å². The van der Waals surface area contributed by atoms with E-state index in [4.69, 9.17) is 0 Å². The molecule has 6 heteroatoms. The first kappa shape index (κ1) is 7.72. The van der Waals surface area contributed by atoms with Crippen LogP contribution < -0.4 is 5.09 Å². The lowest BCUT2D eigenvalue weighted by Crippen LogP contribution is -2.21. The highest BCUT2D eigenvalue weighted by Crippen LogP contribution is 2.47. The van der Waals surface area contributed by atoms with Crippen LogP contribution in [0.5, 0.6) is 0 Å². The Hall–Kier alpha value is -0.380. The van der Waals surface area contributed by atoms with Gasteiger partial charge in [-0.2, -0.15) is 5.09 Å². The molecule has 0 aromatic heterocycles. The average Bonchev–Trinajstić information content (AvgIpc) is 2.10. The normalized spacial score (nSPS) is 39.8. The maximum absolute atomic E-state index is 11.0. The van der Waals surface area contributed by atoms with Crippen LogP contribution in [0.15, 0.2) is 0 Å². The van der Waals surface area contributed by atoms with Crippen LogP contribution in [-0.4, -0.2) is 19.1 Å². The highest BCUT2D eigenvalue weighted by atomic mass is 31.2. The van der Waals surface area contributed by atoms with Gasteiger partial charge in [0.05, 0.1) is 0 Å². The zero-order valence-electron chi connectivity index (χ0n) is 5.66. The Bertz CT molecular complexity index is 203. The molecule has 0 amide bonds. The van der Waals surface area contributed by atoms with E-state index < -0.39 is 19.8 Å². The first-order valence-corrected chi connectivity index (χ1v) is 4.29. The smallest absolute Gasteiger partial charge is 0.379 e. The molecule has 1 N–H and O–H groups in total. The minimum atomic E-state index is -3.26. The van der Waals surface area contributed by atoms with Crippen molar-refractivity contribution >= 4 is 13.7 Å². The molecule has 0 spiro atoms. The highest BCUT2D eigenvalue weighted by molar-refractivity contribution is 7.52. The van der Waals surface area contributed by atoms with Gasteiger partial charge in [-0.1, -0.05) is 0 Å². The molecule has 1 aliphatic rings. The van der Waals surface area contributed by atoms with E-state index in [0.717, 1.165) is 0 Å². The third kappa shape index (κ3) is 1.21. The topological polar surface area (TPSA) is 64.6 Å². The molecule has 0 radical (unpaired) electrons. The van der Waals surface area contributed by atoms with Crippen molar-refractivity contribution in [3.05, 3.63) is 0 Å². The molecule has 58 valence electrons. The monoisotopic (exact) mass is 165 g/mol. The second-order valence-electron chi connectivity index (χ2n) is 1.94. The van der Waals surface area contributed by atoms with Gasteiger partial charge in [0.15, 0.2) is 0 Å². The predicted molar refractivity (Wildman–Crippen MR) is 33.3 cm³/mol. The van der Waals surface area contributed by atoms with Crippen LogP contribution in [0, 0.1) is 0 Å². The Morgan fingerprint density at radius 3 is 2.60 bits per heavy atom. The summed E-state index contributed by atoms with van der Waals surface area (Å²) in [6.07, 6.45) is 0. The van der Waals surface area contributed by atoms with Crippen molar-refractivity contribution in [3.63, 3.8) is 0 Å². The summed E-state index contributed by atoms with van der Waals surface area (Å²) in [6.45, 7) is 1.56. The summed E-state index contributed by atoms with van der Waals surface area (Å²) < 4.78 is 19.9. The van der Waals surface area contributed by atoms with Gasteiger partial charge in [-0.3, -0.25) is 4.52 Å². The molecule has 0 saturated carbocycles. The Kier molecular flexibility index (Phi) is 1.81. The summed E-state index contributed by atoms with van der Waals surface area (Å²) in [5, 5.41) is 2.39. The summed E-state index contributed by atoms with van der Waals surface area (Å²) in [5.41, 5.74) is 0. The van der Waals surface area contributed by atoms with E-state index in [1.807, 2.05) is 0 Å². The predicted octanol–water partition coefficient (Wildman–Crippen LogP) is 0.276. The zero-order chi connectivity index (χ0) is 7.78. The van der Waals surface area contributed by atoms with Crippen molar-refractivity contribution in [1.82, 2.24) is 5.09 Å². The first-order chi connectivity index (χ1) is 4.57. The zero-order valence-corrected chi connectivity index (χ0v) is 6.55. The molecule has 0 bridgehead atoms. The van der Waals surface area contributed by atoms with E-state index in [0.29, 0.717) is 0 Å². The van der Waals surface area contributed by atoms with Crippen LogP contribution in [0.25, 0.3) is 0 Å². The third-order valence-electron chi connectivity index (χ3n) is 1.16. The summed E-state index contributed by atoms with van der Waals surface area (Å²) in [5.74, 6) is -0.537. The lowest BCUT2D eigenvalue weighted by atomic mass is 10.4. The molecule has 1 fully saturated rings. The van der Waals surface area contributed by atoms with Crippen molar-refractivity contribution in [1.29, 1.82) is 0 Å². The average molecular weight is 165 g/mol. The third-order valence-corrected chi connectivity index (χ3v) is 2.76. The molecule has 1 rings (SSSR count). The van der Waals surface area contributed by atoms with Crippen molar-refractivity contribution in [3.8, 4) is 0 Å². The Balaban J connectivity index is 2.74. The van der Waals surface area contributed by atoms with Crippen LogP contribution in [0.3, 0.4) is 0 Å². The van der Waals surface area contributed by atoms with Crippen LogP contribution in [-0.2, 0) is 18.4 Å². The molecule has 2 atom stereocenters.